The topological polar surface area (TPSA) is 95.2 Å². The zero-order valence-electron chi connectivity index (χ0n) is 23.8. The average molecular weight is 546 g/mol. The van der Waals surface area contributed by atoms with Gasteiger partial charge in [-0.05, 0) is 62.2 Å². The van der Waals surface area contributed by atoms with Crippen LogP contribution in [0, 0.1) is 13.8 Å². The predicted octanol–water partition coefficient (Wildman–Crippen LogP) is 5.05. The van der Waals surface area contributed by atoms with E-state index in [1.807, 2.05) is 62.4 Å². The Morgan fingerprint density at radius 1 is 0.850 bits per heavy atom. The summed E-state index contributed by atoms with van der Waals surface area (Å²) in [4.78, 5) is 30.6. The molecule has 9 heteroatoms. The number of para-hydroxylation sites is 2. The second-order valence-corrected chi connectivity index (χ2v) is 9.88. The number of benzene rings is 3. The van der Waals surface area contributed by atoms with Gasteiger partial charge in [0.1, 0.15) is 5.75 Å². The van der Waals surface area contributed by atoms with Crippen LogP contribution in [0.2, 0.25) is 0 Å². The molecule has 0 atom stereocenters. The third kappa shape index (κ3) is 7.24. The normalized spacial score (nSPS) is 13.1. The number of nitrogens with one attached hydrogen (secondary N) is 3. The summed E-state index contributed by atoms with van der Waals surface area (Å²) >= 11 is 0. The third-order valence-corrected chi connectivity index (χ3v) is 6.99. The number of carbonyl (C=O) groups is 2. The van der Waals surface area contributed by atoms with E-state index < -0.39 is 0 Å². The standard InChI is InChI=1S/C31H39N5O4/c1-22-10-12-26(23(2)20-22)34-31(38)33-24-11-13-27(25(21-24)30(37)32-14-7-19-39-3)35-15-17-36(18-16-35)28-8-5-6-9-29(28)40-4/h5-6,8-13,20-21H,7,14-19H2,1-4H3,(H,32,37)(H2,33,34,38). The lowest BCUT2D eigenvalue weighted by molar-refractivity contribution is 0.0949. The summed E-state index contributed by atoms with van der Waals surface area (Å²) in [5.41, 5.74) is 5.81. The van der Waals surface area contributed by atoms with Gasteiger partial charge in [-0.25, -0.2) is 4.79 Å². The van der Waals surface area contributed by atoms with Crippen LogP contribution in [0.25, 0.3) is 0 Å². The Bertz CT molecular complexity index is 1320. The van der Waals surface area contributed by atoms with E-state index in [0.29, 0.717) is 30.8 Å². The van der Waals surface area contributed by atoms with Crippen molar-refractivity contribution in [3.63, 3.8) is 0 Å². The van der Waals surface area contributed by atoms with E-state index in [1.165, 1.54) is 0 Å². The average Bonchev–Trinajstić information content (AvgIpc) is 2.97. The fraction of sp³-hybridized carbons (Fsp3) is 0.355. The summed E-state index contributed by atoms with van der Waals surface area (Å²) in [7, 11) is 3.33. The largest absolute Gasteiger partial charge is 0.495 e. The van der Waals surface area contributed by atoms with Gasteiger partial charge in [-0.1, -0.05) is 29.8 Å². The maximum atomic E-state index is 13.3. The van der Waals surface area contributed by atoms with Crippen molar-refractivity contribution in [3.8, 4) is 5.75 Å². The molecule has 4 rings (SSSR count). The Kier molecular flexibility index (Phi) is 9.86. The molecule has 1 fully saturated rings. The van der Waals surface area contributed by atoms with Crippen molar-refractivity contribution >= 4 is 34.7 Å². The number of ether oxygens (including phenoxy) is 2. The molecule has 0 bridgehead atoms. The molecular formula is C31H39N5O4. The quantitative estimate of drug-likeness (QED) is 0.309. The highest BCUT2D eigenvalue weighted by atomic mass is 16.5. The van der Waals surface area contributed by atoms with E-state index in [0.717, 1.165) is 60.1 Å². The van der Waals surface area contributed by atoms with Gasteiger partial charge in [-0.2, -0.15) is 0 Å². The number of carbonyl (C=O) groups excluding carboxylic acids is 2. The molecule has 0 radical (unpaired) electrons. The molecule has 0 saturated carbocycles. The number of nitrogens with zero attached hydrogens (tertiary/aromatic N) is 2. The summed E-state index contributed by atoms with van der Waals surface area (Å²) in [5.74, 6) is 0.665. The minimum absolute atomic E-state index is 0.184. The third-order valence-electron chi connectivity index (χ3n) is 6.99. The Morgan fingerprint density at radius 3 is 2.27 bits per heavy atom. The van der Waals surface area contributed by atoms with Crippen molar-refractivity contribution < 1.29 is 19.1 Å². The fourth-order valence-electron chi connectivity index (χ4n) is 4.90. The molecule has 0 aromatic heterocycles. The molecule has 40 heavy (non-hydrogen) atoms. The van der Waals surface area contributed by atoms with Gasteiger partial charge >= 0.3 is 6.03 Å². The van der Waals surface area contributed by atoms with Gasteiger partial charge < -0.3 is 35.2 Å². The lowest BCUT2D eigenvalue weighted by atomic mass is 10.1. The molecule has 3 aromatic rings. The van der Waals surface area contributed by atoms with Crippen LogP contribution in [-0.2, 0) is 4.74 Å². The molecule has 0 unspecified atom stereocenters. The molecule has 3 aromatic carbocycles. The highest BCUT2D eigenvalue weighted by Gasteiger charge is 2.24. The minimum atomic E-state index is -0.364. The van der Waals surface area contributed by atoms with Crippen LogP contribution in [-0.4, -0.2) is 65.5 Å². The van der Waals surface area contributed by atoms with E-state index in [1.54, 1.807) is 20.3 Å². The zero-order valence-corrected chi connectivity index (χ0v) is 23.8. The maximum Gasteiger partial charge on any atom is 0.323 e. The molecule has 0 aliphatic carbocycles. The number of piperazine rings is 1. The van der Waals surface area contributed by atoms with E-state index in [-0.39, 0.29) is 11.9 Å². The summed E-state index contributed by atoms with van der Waals surface area (Å²) in [6, 6.07) is 19.0. The van der Waals surface area contributed by atoms with Gasteiger partial charge in [0.25, 0.3) is 5.91 Å². The second-order valence-electron chi connectivity index (χ2n) is 9.88. The van der Waals surface area contributed by atoms with Crippen LogP contribution in [0.3, 0.4) is 0 Å². The molecular weight excluding hydrogens is 506 g/mol. The summed E-state index contributed by atoms with van der Waals surface area (Å²) in [6.45, 7) is 8.08. The summed E-state index contributed by atoms with van der Waals surface area (Å²) in [5, 5.41) is 8.78. The Labute approximate surface area is 236 Å². The van der Waals surface area contributed by atoms with Gasteiger partial charge in [0.05, 0.1) is 18.4 Å². The van der Waals surface area contributed by atoms with Crippen molar-refractivity contribution in [2.24, 2.45) is 0 Å². The van der Waals surface area contributed by atoms with E-state index in [2.05, 4.69) is 31.8 Å². The van der Waals surface area contributed by atoms with Crippen molar-refractivity contribution in [2.75, 3.05) is 74.0 Å². The van der Waals surface area contributed by atoms with Crippen molar-refractivity contribution in [3.05, 3.63) is 77.4 Å². The Hall–Kier alpha value is -4.24. The maximum absolute atomic E-state index is 13.3. The first-order valence-electron chi connectivity index (χ1n) is 13.6. The van der Waals surface area contributed by atoms with Gasteiger partial charge in [-0.3, -0.25) is 4.79 Å². The summed E-state index contributed by atoms with van der Waals surface area (Å²) < 4.78 is 10.7. The van der Waals surface area contributed by atoms with Crippen molar-refractivity contribution in [2.45, 2.75) is 20.3 Å². The van der Waals surface area contributed by atoms with Gasteiger partial charge in [-0.15, -0.1) is 0 Å². The second kappa shape index (κ2) is 13.7. The first-order valence-corrected chi connectivity index (χ1v) is 13.6. The minimum Gasteiger partial charge on any atom is -0.495 e. The smallest absolute Gasteiger partial charge is 0.323 e. The van der Waals surface area contributed by atoms with Crippen LogP contribution in [0.15, 0.2) is 60.7 Å². The molecule has 0 spiro atoms. The predicted molar refractivity (Wildman–Crippen MR) is 161 cm³/mol. The molecule has 1 aliphatic rings. The molecule has 1 heterocycles. The highest BCUT2D eigenvalue weighted by Crippen LogP contribution is 2.31. The molecule has 3 amide bonds. The Balaban J connectivity index is 1.50. The number of anilines is 4. The number of hydrogen-bond donors (Lipinski definition) is 3. The number of hydrogen-bond acceptors (Lipinski definition) is 6. The van der Waals surface area contributed by atoms with Gasteiger partial charge in [0.2, 0.25) is 0 Å². The van der Waals surface area contributed by atoms with Gasteiger partial charge in [0.15, 0.2) is 0 Å². The number of aryl methyl sites for hydroxylation is 2. The molecule has 1 aliphatic heterocycles. The molecule has 9 nitrogen and oxygen atoms in total. The highest BCUT2D eigenvalue weighted by molar-refractivity contribution is 6.04. The first kappa shape index (κ1) is 28.8. The van der Waals surface area contributed by atoms with Gasteiger partial charge in [0, 0.05) is 63.5 Å². The Morgan fingerprint density at radius 2 is 1.57 bits per heavy atom. The van der Waals surface area contributed by atoms with E-state index in [9.17, 15) is 9.59 Å². The van der Waals surface area contributed by atoms with Crippen LogP contribution in [0.1, 0.15) is 27.9 Å². The molecule has 3 N–H and O–H groups in total. The van der Waals surface area contributed by atoms with E-state index >= 15 is 0 Å². The van der Waals surface area contributed by atoms with Crippen LogP contribution >= 0.6 is 0 Å². The van der Waals surface area contributed by atoms with Crippen LogP contribution in [0.5, 0.6) is 5.75 Å². The van der Waals surface area contributed by atoms with Crippen LogP contribution < -0.4 is 30.5 Å². The number of rotatable bonds is 10. The molecule has 212 valence electrons. The van der Waals surface area contributed by atoms with Crippen LogP contribution in [0.4, 0.5) is 27.5 Å². The monoisotopic (exact) mass is 545 g/mol. The number of amides is 3. The summed E-state index contributed by atoms with van der Waals surface area (Å²) in [6.07, 6.45) is 0.714. The van der Waals surface area contributed by atoms with E-state index in [4.69, 9.17) is 9.47 Å². The van der Waals surface area contributed by atoms with Crippen molar-refractivity contribution in [1.82, 2.24) is 5.32 Å². The SMILES string of the molecule is COCCCNC(=O)c1cc(NC(=O)Nc2ccc(C)cc2C)ccc1N1CCN(c2ccccc2OC)CC1. The number of methoxy groups -OCH3 is 2. The number of urea groups is 1. The molecule has 1 saturated heterocycles. The first-order chi connectivity index (χ1) is 19.4. The zero-order chi connectivity index (χ0) is 28.5. The lowest BCUT2D eigenvalue weighted by Crippen LogP contribution is -2.47. The fourth-order valence-corrected chi connectivity index (χ4v) is 4.90. The lowest BCUT2D eigenvalue weighted by Gasteiger charge is -2.38. The van der Waals surface area contributed by atoms with Crippen molar-refractivity contribution in [1.29, 1.82) is 0 Å².